The molecule has 0 bridgehead atoms. The zero-order valence-corrected chi connectivity index (χ0v) is 12.2. The predicted molar refractivity (Wildman–Crippen MR) is 82.1 cm³/mol. The third kappa shape index (κ3) is 3.87. The van der Waals surface area contributed by atoms with Crippen LogP contribution < -0.4 is 5.32 Å². The summed E-state index contributed by atoms with van der Waals surface area (Å²) < 4.78 is 5.58. The number of ether oxygens (including phenoxy) is 1. The van der Waals surface area contributed by atoms with E-state index in [2.05, 4.69) is 32.3 Å². The summed E-state index contributed by atoms with van der Waals surface area (Å²) in [5, 5.41) is 2.73. The normalized spacial score (nSPS) is 18.8. The highest BCUT2D eigenvalue weighted by molar-refractivity contribution is 5.93. The van der Waals surface area contributed by atoms with E-state index in [9.17, 15) is 4.79 Å². The van der Waals surface area contributed by atoms with E-state index in [-0.39, 0.29) is 5.91 Å². The van der Waals surface area contributed by atoms with Crippen LogP contribution in [0, 0.1) is 0 Å². The molecule has 3 rings (SSSR count). The molecule has 0 spiro atoms. The molecule has 1 saturated heterocycles. The van der Waals surface area contributed by atoms with E-state index in [1.54, 1.807) is 12.4 Å². The molecule has 1 N–H and O–H groups in total. The molecule has 2 heterocycles. The molecule has 0 unspecified atom stereocenters. The van der Waals surface area contributed by atoms with E-state index in [4.69, 9.17) is 4.74 Å². The fourth-order valence-electron chi connectivity index (χ4n) is 2.42. The summed E-state index contributed by atoms with van der Waals surface area (Å²) in [7, 11) is 0. The first-order valence-electron chi connectivity index (χ1n) is 7.26. The van der Waals surface area contributed by atoms with Crippen LogP contribution in [0.3, 0.4) is 0 Å². The van der Waals surface area contributed by atoms with Gasteiger partial charge in [-0.05, 0) is 5.56 Å². The van der Waals surface area contributed by atoms with Crippen molar-refractivity contribution in [1.29, 1.82) is 0 Å². The third-order valence-electron chi connectivity index (χ3n) is 3.51. The van der Waals surface area contributed by atoms with Gasteiger partial charge in [-0.1, -0.05) is 30.3 Å². The number of carbonyl (C=O) groups is 1. The SMILES string of the molecule is O=C(Nc1cnccn1)[C@H]1CN(Cc2ccccc2)CCO1. The van der Waals surface area contributed by atoms with Crippen LogP contribution in [0.15, 0.2) is 48.9 Å². The molecule has 0 aliphatic carbocycles. The summed E-state index contributed by atoms with van der Waals surface area (Å²) in [4.78, 5) is 22.4. The number of anilines is 1. The number of benzene rings is 1. The Bertz CT molecular complexity index is 606. The second-order valence-electron chi connectivity index (χ2n) is 5.16. The largest absolute Gasteiger partial charge is 0.366 e. The van der Waals surface area contributed by atoms with Gasteiger partial charge < -0.3 is 10.1 Å². The number of aromatic nitrogens is 2. The molecule has 1 atom stereocenters. The molecule has 1 aromatic heterocycles. The topological polar surface area (TPSA) is 67.4 Å². The van der Waals surface area contributed by atoms with Crippen LogP contribution in [0.25, 0.3) is 0 Å². The molecule has 0 saturated carbocycles. The first-order valence-corrected chi connectivity index (χ1v) is 7.26. The van der Waals surface area contributed by atoms with Crippen molar-refractivity contribution < 1.29 is 9.53 Å². The Balaban J connectivity index is 1.57. The average Bonchev–Trinajstić information content (AvgIpc) is 2.57. The summed E-state index contributed by atoms with van der Waals surface area (Å²) >= 11 is 0. The van der Waals surface area contributed by atoms with Crippen molar-refractivity contribution in [3.05, 3.63) is 54.5 Å². The number of nitrogens with zero attached hydrogens (tertiary/aromatic N) is 3. The standard InChI is InChI=1S/C16H18N4O2/c21-16(19-15-10-17-6-7-18-15)14-12-20(8-9-22-14)11-13-4-2-1-3-5-13/h1-7,10,14H,8-9,11-12H2,(H,18,19,21)/t14-/m1/s1. The highest BCUT2D eigenvalue weighted by Crippen LogP contribution is 2.12. The quantitative estimate of drug-likeness (QED) is 0.922. The highest BCUT2D eigenvalue weighted by atomic mass is 16.5. The van der Waals surface area contributed by atoms with E-state index in [1.165, 1.54) is 11.8 Å². The van der Waals surface area contributed by atoms with Gasteiger partial charge in [0.25, 0.3) is 5.91 Å². The van der Waals surface area contributed by atoms with Crippen molar-refractivity contribution in [3.8, 4) is 0 Å². The summed E-state index contributed by atoms with van der Waals surface area (Å²) in [6, 6.07) is 10.2. The van der Waals surface area contributed by atoms with E-state index in [0.717, 1.165) is 13.1 Å². The van der Waals surface area contributed by atoms with Crippen molar-refractivity contribution in [2.45, 2.75) is 12.6 Å². The smallest absolute Gasteiger partial charge is 0.256 e. The van der Waals surface area contributed by atoms with Gasteiger partial charge >= 0.3 is 0 Å². The van der Waals surface area contributed by atoms with Crippen LogP contribution in [0.1, 0.15) is 5.56 Å². The Kier molecular flexibility index (Phi) is 4.72. The second kappa shape index (κ2) is 7.11. The first-order chi connectivity index (χ1) is 10.8. The van der Waals surface area contributed by atoms with Gasteiger partial charge in [0.1, 0.15) is 6.10 Å². The van der Waals surface area contributed by atoms with Crippen molar-refractivity contribution in [1.82, 2.24) is 14.9 Å². The first kappa shape index (κ1) is 14.6. The Hall–Kier alpha value is -2.31. The van der Waals surface area contributed by atoms with Crippen LogP contribution in [0.5, 0.6) is 0 Å². The van der Waals surface area contributed by atoms with Crippen LogP contribution in [0.2, 0.25) is 0 Å². The number of amides is 1. The lowest BCUT2D eigenvalue weighted by Gasteiger charge is -2.32. The Labute approximate surface area is 129 Å². The third-order valence-corrected chi connectivity index (χ3v) is 3.51. The number of nitrogens with one attached hydrogen (secondary N) is 1. The van der Waals surface area contributed by atoms with Gasteiger partial charge in [0.05, 0.1) is 12.8 Å². The number of hydrogen-bond donors (Lipinski definition) is 1. The number of rotatable bonds is 4. The Morgan fingerprint density at radius 2 is 2.18 bits per heavy atom. The van der Waals surface area contributed by atoms with E-state index in [1.807, 2.05) is 18.2 Å². The van der Waals surface area contributed by atoms with Gasteiger partial charge in [0.2, 0.25) is 0 Å². The van der Waals surface area contributed by atoms with Crippen molar-refractivity contribution >= 4 is 11.7 Å². The molecule has 114 valence electrons. The summed E-state index contributed by atoms with van der Waals surface area (Å²) in [5.74, 6) is 0.259. The molecule has 6 nitrogen and oxygen atoms in total. The number of morpholine rings is 1. The van der Waals surface area contributed by atoms with Gasteiger partial charge in [-0.25, -0.2) is 4.98 Å². The predicted octanol–water partition coefficient (Wildman–Crippen LogP) is 1.32. The lowest BCUT2D eigenvalue weighted by atomic mass is 10.2. The summed E-state index contributed by atoms with van der Waals surface area (Å²) in [5.41, 5.74) is 1.23. The molecular formula is C16H18N4O2. The van der Waals surface area contributed by atoms with E-state index in [0.29, 0.717) is 19.0 Å². The van der Waals surface area contributed by atoms with Crippen LogP contribution in [0.4, 0.5) is 5.82 Å². The molecule has 1 aliphatic heterocycles. The maximum absolute atomic E-state index is 12.2. The molecular weight excluding hydrogens is 280 g/mol. The zero-order valence-electron chi connectivity index (χ0n) is 12.2. The summed E-state index contributed by atoms with van der Waals surface area (Å²) in [6.07, 6.45) is 4.13. The van der Waals surface area contributed by atoms with Crippen LogP contribution in [-0.4, -0.2) is 46.6 Å². The average molecular weight is 298 g/mol. The molecule has 1 amide bonds. The van der Waals surface area contributed by atoms with Crippen molar-refractivity contribution in [2.75, 3.05) is 25.0 Å². The number of hydrogen-bond acceptors (Lipinski definition) is 5. The lowest BCUT2D eigenvalue weighted by molar-refractivity contribution is -0.133. The Morgan fingerprint density at radius 1 is 1.32 bits per heavy atom. The van der Waals surface area contributed by atoms with Crippen LogP contribution in [-0.2, 0) is 16.1 Å². The molecule has 2 aromatic rings. The summed E-state index contributed by atoms with van der Waals surface area (Å²) in [6.45, 7) is 2.76. The second-order valence-corrected chi connectivity index (χ2v) is 5.16. The number of carbonyl (C=O) groups excluding carboxylic acids is 1. The maximum atomic E-state index is 12.2. The van der Waals surface area contributed by atoms with Crippen molar-refractivity contribution in [2.24, 2.45) is 0 Å². The highest BCUT2D eigenvalue weighted by Gasteiger charge is 2.26. The van der Waals surface area contributed by atoms with Gasteiger partial charge in [-0.3, -0.25) is 14.7 Å². The maximum Gasteiger partial charge on any atom is 0.256 e. The van der Waals surface area contributed by atoms with Gasteiger partial charge in [0, 0.05) is 32.0 Å². The van der Waals surface area contributed by atoms with Crippen LogP contribution >= 0.6 is 0 Å². The molecule has 1 fully saturated rings. The van der Waals surface area contributed by atoms with Gasteiger partial charge in [-0.2, -0.15) is 0 Å². The molecule has 6 heteroatoms. The minimum atomic E-state index is -0.487. The monoisotopic (exact) mass is 298 g/mol. The molecule has 1 aliphatic rings. The molecule has 22 heavy (non-hydrogen) atoms. The molecule has 1 aromatic carbocycles. The Morgan fingerprint density at radius 3 is 2.95 bits per heavy atom. The van der Waals surface area contributed by atoms with Gasteiger partial charge in [-0.15, -0.1) is 0 Å². The molecule has 0 radical (unpaired) electrons. The minimum Gasteiger partial charge on any atom is -0.366 e. The minimum absolute atomic E-state index is 0.182. The zero-order chi connectivity index (χ0) is 15.2. The fraction of sp³-hybridized carbons (Fsp3) is 0.312. The van der Waals surface area contributed by atoms with E-state index < -0.39 is 6.10 Å². The van der Waals surface area contributed by atoms with Crippen molar-refractivity contribution in [3.63, 3.8) is 0 Å². The fourth-order valence-corrected chi connectivity index (χ4v) is 2.42. The van der Waals surface area contributed by atoms with E-state index >= 15 is 0 Å². The lowest BCUT2D eigenvalue weighted by Crippen LogP contribution is -2.47. The van der Waals surface area contributed by atoms with Gasteiger partial charge in [0.15, 0.2) is 5.82 Å².